The molecule has 10 nitrogen and oxygen atoms in total. The van der Waals surface area contributed by atoms with Gasteiger partial charge in [-0.2, -0.15) is 0 Å². The summed E-state index contributed by atoms with van der Waals surface area (Å²) in [5, 5.41) is 9.70. The number of amides is 2. The van der Waals surface area contributed by atoms with Gasteiger partial charge in [-0.3, -0.25) is 9.69 Å². The predicted molar refractivity (Wildman–Crippen MR) is 165 cm³/mol. The molecule has 3 aliphatic rings. The fraction of sp³-hybridized carbons (Fsp3) is 0.375. The molecular formula is C32H38N6O4. The van der Waals surface area contributed by atoms with Crippen molar-refractivity contribution in [1.82, 2.24) is 25.0 Å². The van der Waals surface area contributed by atoms with Crippen LogP contribution < -0.4 is 25.4 Å². The van der Waals surface area contributed by atoms with E-state index in [4.69, 9.17) is 9.47 Å². The highest BCUT2D eigenvalue weighted by molar-refractivity contribution is 6.16. The van der Waals surface area contributed by atoms with Crippen molar-refractivity contribution in [2.75, 3.05) is 72.3 Å². The number of ketones is 1. The van der Waals surface area contributed by atoms with Crippen LogP contribution in [0.5, 0.6) is 11.5 Å². The van der Waals surface area contributed by atoms with Gasteiger partial charge in [-0.25, -0.2) is 4.79 Å². The molecule has 4 heterocycles. The van der Waals surface area contributed by atoms with E-state index in [2.05, 4.69) is 55.6 Å². The number of piperazine rings is 1. The Morgan fingerprint density at radius 3 is 2.69 bits per heavy atom. The number of fused-ring (bicyclic) bond motifs is 2. The average molecular weight is 571 g/mol. The van der Waals surface area contributed by atoms with Crippen molar-refractivity contribution in [2.24, 2.45) is 0 Å². The molecule has 1 saturated heterocycles. The van der Waals surface area contributed by atoms with Crippen LogP contribution in [0.3, 0.4) is 0 Å². The monoisotopic (exact) mass is 570 g/mol. The molecule has 0 aliphatic carbocycles. The van der Waals surface area contributed by atoms with Crippen LogP contribution in [-0.4, -0.2) is 93.2 Å². The highest BCUT2D eigenvalue weighted by atomic mass is 16.5. The molecule has 220 valence electrons. The molecule has 1 fully saturated rings. The number of hydrogen-bond acceptors (Lipinski definition) is 7. The zero-order chi connectivity index (χ0) is 29.2. The van der Waals surface area contributed by atoms with Crippen LogP contribution in [0.1, 0.15) is 28.0 Å². The number of methoxy groups -OCH3 is 1. The number of benzene rings is 2. The molecule has 2 aromatic carbocycles. The lowest BCUT2D eigenvalue weighted by molar-refractivity contribution is 0.101. The molecule has 0 spiro atoms. The smallest absolute Gasteiger partial charge is 0.318 e. The number of hydrogen-bond donors (Lipinski definition) is 3. The number of aromatic nitrogens is 1. The molecule has 42 heavy (non-hydrogen) atoms. The van der Waals surface area contributed by atoms with Gasteiger partial charge in [-0.1, -0.05) is 6.08 Å². The fourth-order valence-corrected chi connectivity index (χ4v) is 5.95. The number of rotatable bonds is 7. The van der Waals surface area contributed by atoms with Gasteiger partial charge in [0.1, 0.15) is 11.5 Å². The van der Waals surface area contributed by atoms with Crippen LogP contribution in [0.25, 0.3) is 22.6 Å². The fourth-order valence-electron chi connectivity index (χ4n) is 5.95. The van der Waals surface area contributed by atoms with Crippen LogP contribution >= 0.6 is 0 Å². The second kappa shape index (κ2) is 12.0. The van der Waals surface area contributed by atoms with Crippen molar-refractivity contribution in [3.8, 4) is 11.5 Å². The molecule has 0 saturated carbocycles. The number of urea groups is 1. The molecule has 0 unspecified atom stereocenters. The van der Waals surface area contributed by atoms with Gasteiger partial charge < -0.3 is 34.9 Å². The van der Waals surface area contributed by atoms with E-state index in [1.165, 1.54) is 5.57 Å². The Morgan fingerprint density at radius 2 is 1.95 bits per heavy atom. The first-order valence-corrected chi connectivity index (χ1v) is 14.5. The van der Waals surface area contributed by atoms with E-state index in [1.807, 2.05) is 12.1 Å². The Kier molecular flexibility index (Phi) is 8.01. The quantitative estimate of drug-likeness (QED) is 0.373. The summed E-state index contributed by atoms with van der Waals surface area (Å²) in [6.07, 6.45) is 5.04. The minimum atomic E-state index is -0.352. The summed E-state index contributed by atoms with van der Waals surface area (Å²) in [7, 11) is 5.39. The van der Waals surface area contributed by atoms with Gasteiger partial charge in [0.15, 0.2) is 5.76 Å². The van der Waals surface area contributed by atoms with E-state index in [0.717, 1.165) is 86.7 Å². The third-order valence-electron chi connectivity index (χ3n) is 8.34. The van der Waals surface area contributed by atoms with Crippen molar-refractivity contribution in [3.05, 3.63) is 65.1 Å². The second-order valence-corrected chi connectivity index (χ2v) is 11.0. The topological polar surface area (TPSA) is 100 Å². The zero-order valence-electron chi connectivity index (χ0n) is 24.5. The van der Waals surface area contributed by atoms with Crippen molar-refractivity contribution in [2.45, 2.75) is 13.0 Å². The highest BCUT2D eigenvalue weighted by Gasteiger charge is 2.30. The normalized spacial score (nSPS) is 18.6. The van der Waals surface area contributed by atoms with E-state index < -0.39 is 0 Å². The van der Waals surface area contributed by atoms with E-state index >= 15 is 0 Å². The Labute approximate surface area is 245 Å². The molecule has 2 amide bonds. The Bertz CT molecular complexity index is 1580. The van der Waals surface area contributed by atoms with Crippen LogP contribution in [0.4, 0.5) is 10.5 Å². The summed E-state index contributed by atoms with van der Waals surface area (Å²) in [5.41, 5.74) is 5.39. The van der Waals surface area contributed by atoms with Gasteiger partial charge in [0.2, 0.25) is 5.78 Å². The molecule has 0 radical (unpaired) electrons. The maximum Gasteiger partial charge on any atom is 0.318 e. The summed E-state index contributed by atoms with van der Waals surface area (Å²) in [4.78, 5) is 30.4. The largest absolute Gasteiger partial charge is 0.497 e. The lowest BCUT2D eigenvalue weighted by Gasteiger charge is -2.32. The van der Waals surface area contributed by atoms with Gasteiger partial charge in [-0.05, 0) is 68.1 Å². The van der Waals surface area contributed by atoms with Crippen LogP contribution in [0.15, 0.2) is 48.2 Å². The molecule has 0 atom stereocenters. The van der Waals surface area contributed by atoms with Gasteiger partial charge >= 0.3 is 6.03 Å². The van der Waals surface area contributed by atoms with E-state index in [-0.39, 0.29) is 17.6 Å². The maximum absolute atomic E-state index is 13.6. The zero-order valence-corrected chi connectivity index (χ0v) is 24.5. The standard InChI is InChI=1S/C32H38N6O4/c1-33-32(40)35-22-4-7-28-26(18-22)31(39)29(42-28)20-25-24-19-23(41-3)5-6-27(24)38(30(25)21-8-10-34-11-9-21)17-16-37-14-12-36(2)13-15-37/h4-8,18-20,34H,9-17H2,1-3H3,(H2,33,35,40). The van der Waals surface area contributed by atoms with Crippen LogP contribution in [0, 0.1) is 0 Å². The van der Waals surface area contributed by atoms with Gasteiger partial charge in [0.25, 0.3) is 0 Å². The third-order valence-corrected chi connectivity index (χ3v) is 8.34. The summed E-state index contributed by atoms with van der Waals surface area (Å²) in [6.45, 7) is 7.73. The number of likely N-dealkylation sites (N-methyl/N-ethyl adjacent to an activating group) is 1. The molecule has 6 rings (SSSR count). The summed E-state index contributed by atoms with van der Waals surface area (Å²) < 4.78 is 14.2. The van der Waals surface area contributed by atoms with Gasteiger partial charge in [0.05, 0.1) is 18.4 Å². The Morgan fingerprint density at radius 1 is 1.12 bits per heavy atom. The molecule has 3 N–H and O–H groups in total. The first kappa shape index (κ1) is 28.0. The summed E-state index contributed by atoms with van der Waals surface area (Å²) in [5.74, 6) is 1.29. The van der Waals surface area contributed by atoms with Crippen molar-refractivity contribution < 1.29 is 19.1 Å². The van der Waals surface area contributed by atoms with E-state index in [0.29, 0.717) is 17.0 Å². The Hall–Kier alpha value is -4.12. The van der Waals surface area contributed by atoms with Crippen molar-refractivity contribution in [1.29, 1.82) is 0 Å². The highest BCUT2D eigenvalue weighted by Crippen LogP contribution is 2.39. The van der Waals surface area contributed by atoms with Gasteiger partial charge in [-0.15, -0.1) is 0 Å². The number of ether oxygens (including phenoxy) is 2. The minimum Gasteiger partial charge on any atom is -0.497 e. The number of anilines is 1. The Balaban J connectivity index is 1.43. The van der Waals surface area contributed by atoms with Crippen LogP contribution in [-0.2, 0) is 6.54 Å². The molecule has 10 heteroatoms. The molecular weight excluding hydrogens is 532 g/mol. The number of allylic oxidation sites excluding steroid dienone is 1. The van der Waals surface area contributed by atoms with Crippen molar-refractivity contribution in [3.63, 3.8) is 0 Å². The molecule has 1 aromatic heterocycles. The SMILES string of the molecule is CNC(=O)Nc1ccc2c(c1)C(=O)C(=Cc1c(C3=CCNCC3)n(CCN3CCN(C)CC3)c3ccc(OC)cc13)O2. The molecule has 3 aromatic rings. The lowest BCUT2D eigenvalue weighted by Crippen LogP contribution is -2.45. The first-order chi connectivity index (χ1) is 20.4. The van der Waals surface area contributed by atoms with Gasteiger partial charge in [0, 0.05) is 75.0 Å². The average Bonchev–Trinajstić information content (AvgIpc) is 3.50. The number of carbonyl (C=O) groups is 2. The van der Waals surface area contributed by atoms with Crippen LogP contribution in [0.2, 0.25) is 0 Å². The van der Waals surface area contributed by atoms with Crippen molar-refractivity contribution >= 4 is 40.1 Å². The maximum atomic E-state index is 13.6. The number of nitrogens with zero attached hydrogens (tertiary/aromatic N) is 3. The number of nitrogens with one attached hydrogen (secondary N) is 3. The minimum absolute atomic E-state index is 0.211. The predicted octanol–water partition coefficient (Wildman–Crippen LogP) is 3.64. The third kappa shape index (κ3) is 5.53. The summed E-state index contributed by atoms with van der Waals surface area (Å²) in [6, 6.07) is 10.9. The van der Waals surface area contributed by atoms with E-state index in [1.54, 1.807) is 32.4 Å². The molecule has 0 bridgehead atoms. The number of carbonyl (C=O) groups excluding carboxylic acids is 2. The summed E-state index contributed by atoms with van der Waals surface area (Å²) >= 11 is 0. The number of Topliss-reactive ketones (excluding diaryl/α,β-unsaturated/α-hetero) is 1. The molecule has 3 aliphatic heterocycles. The lowest BCUT2D eigenvalue weighted by atomic mass is 9.99. The van der Waals surface area contributed by atoms with E-state index in [9.17, 15) is 9.59 Å². The second-order valence-electron chi connectivity index (χ2n) is 11.0. The first-order valence-electron chi connectivity index (χ1n) is 14.5.